The van der Waals surface area contributed by atoms with E-state index >= 15 is 0 Å². The van der Waals surface area contributed by atoms with Crippen LogP contribution in [0.3, 0.4) is 0 Å². The van der Waals surface area contributed by atoms with Crippen molar-refractivity contribution in [3.05, 3.63) is 22.8 Å². The summed E-state index contributed by atoms with van der Waals surface area (Å²) in [4.78, 5) is 29.3. The molecule has 0 radical (unpaired) electrons. The van der Waals surface area contributed by atoms with Crippen LogP contribution in [0.15, 0.2) is 6.07 Å². The van der Waals surface area contributed by atoms with Crippen LogP contribution in [0.4, 0.5) is 10.5 Å². The van der Waals surface area contributed by atoms with E-state index in [0.29, 0.717) is 45.9 Å². The van der Waals surface area contributed by atoms with Crippen molar-refractivity contribution in [2.75, 3.05) is 51.0 Å². The normalized spacial score (nSPS) is 21.5. The third-order valence-corrected chi connectivity index (χ3v) is 5.87. The molecule has 0 spiro atoms. The summed E-state index contributed by atoms with van der Waals surface area (Å²) in [5, 5.41) is 0. The smallest absolute Gasteiger partial charge is 0.410 e. The quantitative estimate of drug-likeness (QED) is 0.679. The van der Waals surface area contributed by atoms with E-state index in [1.54, 1.807) is 9.80 Å². The standard InChI is InChI=1S/C23H32N2O6/c1-15-17-6-8-24(22(27)31-23(2,3)4)7-5-16(17)13-18-20(15)25(9-10-29-18)21(26)19-14-28-11-12-30-19/h13,19H,5-12,14H2,1-4H3. The van der Waals surface area contributed by atoms with Crippen molar-refractivity contribution in [1.82, 2.24) is 4.90 Å². The van der Waals surface area contributed by atoms with Gasteiger partial charge in [-0.25, -0.2) is 4.79 Å². The Hall–Kier alpha value is -2.32. The number of hydrogen-bond donors (Lipinski definition) is 0. The fourth-order valence-electron chi connectivity index (χ4n) is 4.41. The first-order valence-corrected chi connectivity index (χ1v) is 11.0. The molecule has 1 saturated heterocycles. The fraction of sp³-hybridized carbons (Fsp3) is 0.652. The van der Waals surface area contributed by atoms with Gasteiger partial charge in [0.2, 0.25) is 0 Å². The van der Waals surface area contributed by atoms with Crippen molar-refractivity contribution in [3.63, 3.8) is 0 Å². The van der Waals surface area contributed by atoms with Gasteiger partial charge in [0.05, 0.1) is 32.1 Å². The average molecular weight is 433 g/mol. The second-order valence-corrected chi connectivity index (χ2v) is 9.23. The van der Waals surface area contributed by atoms with E-state index < -0.39 is 11.7 Å². The largest absolute Gasteiger partial charge is 0.490 e. The Labute approximate surface area is 183 Å². The van der Waals surface area contributed by atoms with Gasteiger partial charge in [0.15, 0.2) is 6.10 Å². The fourth-order valence-corrected chi connectivity index (χ4v) is 4.41. The Morgan fingerprint density at radius 1 is 1.10 bits per heavy atom. The molecule has 0 N–H and O–H groups in total. The molecule has 31 heavy (non-hydrogen) atoms. The Morgan fingerprint density at radius 2 is 1.87 bits per heavy atom. The van der Waals surface area contributed by atoms with Crippen LogP contribution in [0.5, 0.6) is 5.75 Å². The Kier molecular flexibility index (Phi) is 6.12. The summed E-state index contributed by atoms with van der Waals surface area (Å²) in [5.74, 6) is 0.634. The highest BCUT2D eigenvalue weighted by Crippen LogP contribution is 2.40. The van der Waals surface area contributed by atoms with Crippen molar-refractivity contribution in [2.24, 2.45) is 0 Å². The van der Waals surface area contributed by atoms with Crippen LogP contribution in [0.2, 0.25) is 0 Å². The van der Waals surface area contributed by atoms with Gasteiger partial charge >= 0.3 is 6.09 Å². The minimum atomic E-state index is -0.583. The monoisotopic (exact) mass is 432 g/mol. The number of nitrogens with zero attached hydrogens (tertiary/aromatic N) is 2. The van der Waals surface area contributed by atoms with Gasteiger partial charge in [0.25, 0.3) is 5.91 Å². The SMILES string of the molecule is Cc1c2c(cc3c1N(C(=O)C1COCCO1)CCO3)CCN(C(=O)OC(C)(C)C)CC2. The molecule has 2 amide bonds. The number of carbonyl (C=O) groups excluding carboxylic acids is 2. The summed E-state index contributed by atoms with van der Waals surface area (Å²) < 4.78 is 22.6. The number of rotatable bonds is 1. The highest BCUT2D eigenvalue weighted by Gasteiger charge is 2.35. The van der Waals surface area contributed by atoms with Gasteiger partial charge in [-0.1, -0.05) is 0 Å². The molecule has 170 valence electrons. The molecule has 8 nitrogen and oxygen atoms in total. The van der Waals surface area contributed by atoms with Crippen molar-refractivity contribution in [3.8, 4) is 5.75 Å². The molecule has 1 fully saturated rings. The number of benzene rings is 1. The van der Waals surface area contributed by atoms with E-state index in [4.69, 9.17) is 18.9 Å². The van der Waals surface area contributed by atoms with Crippen LogP contribution in [0, 0.1) is 6.92 Å². The molecule has 1 atom stereocenters. The van der Waals surface area contributed by atoms with Gasteiger partial charge in [0.1, 0.15) is 18.0 Å². The molecule has 1 aromatic rings. The number of anilines is 1. The van der Waals surface area contributed by atoms with Crippen LogP contribution in [-0.2, 0) is 31.8 Å². The van der Waals surface area contributed by atoms with Gasteiger partial charge in [-0.3, -0.25) is 4.79 Å². The highest BCUT2D eigenvalue weighted by atomic mass is 16.6. The van der Waals surface area contributed by atoms with Gasteiger partial charge in [-0.2, -0.15) is 0 Å². The van der Waals surface area contributed by atoms with Crippen LogP contribution in [0.25, 0.3) is 0 Å². The minimum absolute atomic E-state index is 0.0868. The van der Waals surface area contributed by atoms with E-state index in [-0.39, 0.29) is 18.6 Å². The zero-order valence-electron chi connectivity index (χ0n) is 18.9. The first-order chi connectivity index (χ1) is 14.7. The Balaban J connectivity index is 1.58. The summed E-state index contributed by atoms with van der Waals surface area (Å²) in [6, 6.07) is 2.04. The van der Waals surface area contributed by atoms with Crippen molar-refractivity contribution in [2.45, 2.75) is 52.2 Å². The Morgan fingerprint density at radius 3 is 2.58 bits per heavy atom. The molecule has 3 aliphatic heterocycles. The topological polar surface area (TPSA) is 77.5 Å². The molecule has 1 aromatic carbocycles. The first-order valence-electron chi connectivity index (χ1n) is 11.0. The molecule has 8 heteroatoms. The predicted octanol–water partition coefficient (Wildman–Crippen LogP) is 2.47. The molecule has 3 heterocycles. The summed E-state index contributed by atoms with van der Waals surface area (Å²) in [6.45, 7) is 11.0. The summed E-state index contributed by atoms with van der Waals surface area (Å²) >= 11 is 0. The van der Waals surface area contributed by atoms with Crippen LogP contribution < -0.4 is 9.64 Å². The summed E-state index contributed by atoms with van der Waals surface area (Å²) in [7, 11) is 0. The molecule has 0 aliphatic carbocycles. The van der Waals surface area contributed by atoms with Crippen molar-refractivity contribution >= 4 is 17.7 Å². The van der Waals surface area contributed by atoms with Gasteiger partial charge in [-0.15, -0.1) is 0 Å². The van der Waals surface area contributed by atoms with Crippen LogP contribution in [-0.4, -0.2) is 74.7 Å². The average Bonchev–Trinajstić information content (AvgIpc) is 2.95. The number of hydrogen-bond acceptors (Lipinski definition) is 6. The number of ether oxygens (including phenoxy) is 4. The van der Waals surface area contributed by atoms with Crippen LogP contribution in [0.1, 0.15) is 37.5 Å². The molecule has 3 aliphatic rings. The van der Waals surface area contributed by atoms with Gasteiger partial charge < -0.3 is 28.7 Å². The van der Waals surface area contributed by atoms with Crippen molar-refractivity contribution in [1.29, 1.82) is 0 Å². The van der Waals surface area contributed by atoms with E-state index in [1.807, 2.05) is 33.8 Å². The second kappa shape index (κ2) is 8.67. The Bertz CT molecular complexity index is 857. The van der Waals surface area contributed by atoms with E-state index in [0.717, 1.165) is 29.0 Å². The molecular formula is C23H32N2O6. The molecule has 0 saturated carbocycles. The van der Waals surface area contributed by atoms with E-state index in [2.05, 4.69) is 0 Å². The molecule has 0 aromatic heterocycles. The zero-order valence-corrected chi connectivity index (χ0v) is 18.9. The van der Waals surface area contributed by atoms with Crippen molar-refractivity contribution < 1.29 is 28.5 Å². The molecule has 1 unspecified atom stereocenters. The lowest BCUT2D eigenvalue weighted by Gasteiger charge is -2.35. The van der Waals surface area contributed by atoms with E-state index in [9.17, 15) is 9.59 Å². The zero-order chi connectivity index (χ0) is 22.2. The lowest BCUT2D eigenvalue weighted by Crippen LogP contribution is -2.48. The predicted molar refractivity (Wildman–Crippen MR) is 115 cm³/mol. The molecular weight excluding hydrogens is 400 g/mol. The number of fused-ring (bicyclic) bond motifs is 2. The third-order valence-electron chi connectivity index (χ3n) is 5.87. The first kappa shape index (κ1) is 21.9. The number of carbonyl (C=O) groups is 2. The summed E-state index contributed by atoms with van der Waals surface area (Å²) in [5.41, 5.74) is 3.66. The minimum Gasteiger partial charge on any atom is -0.490 e. The lowest BCUT2D eigenvalue weighted by molar-refractivity contribution is -0.145. The molecule has 4 rings (SSSR count). The maximum atomic E-state index is 13.2. The van der Waals surface area contributed by atoms with Crippen LogP contribution >= 0.6 is 0 Å². The maximum Gasteiger partial charge on any atom is 0.410 e. The molecule has 0 bridgehead atoms. The summed E-state index contributed by atoms with van der Waals surface area (Å²) in [6.07, 6.45) is 0.559. The van der Waals surface area contributed by atoms with Gasteiger partial charge in [-0.05, 0) is 63.3 Å². The third kappa shape index (κ3) is 4.65. The maximum absolute atomic E-state index is 13.2. The highest BCUT2D eigenvalue weighted by molar-refractivity contribution is 5.99. The van der Waals surface area contributed by atoms with Gasteiger partial charge in [0, 0.05) is 13.1 Å². The lowest BCUT2D eigenvalue weighted by atomic mass is 9.94. The van der Waals surface area contributed by atoms with E-state index in [1.165, 1.54) is 5.56 Å². The second-order valence-electron chi connectivity index (χ2n) is 9.23. The number of amides is 2.